The average Bonchev–Trinajstić information content (AvgIpc) is 2.58. The highest BCUT2D eigenvalue weighted by molar-refractivity contribution is 7.89. The summed E-state index contributed by atoms with van der Waals surface area (Å²) in [5, 5.41) is 3.35. The monoisotopic (exact) mass is 352 g/mol. The van der Waals surface area contributed by atoms with Gasteiger partial charge in [0.2, 0.25) is 10.0 Å². The molecule has 5 heteroatoms. The molecule has 0 radical (unpaired) electrons. The van der Waals surface area contributed by atoms with E-state index in [0.717, 1.165) is 31.5 Å². The summed E-state index contributed by atoms with van der Waals surface area (Å²) in [6, 6.07) is 7.29. The number of piperazine rings is 1. The number of hydrogen-bond acceptors (Lipinski definition) is 3. The molecule has 0 spiro atoms. The van der Waals surface area contributed by atoms with Gasteiger partial charge < -0.3 is 5.32 Å². The van der Waals surface area contributed by atoms with Crippen molar-refractivity contribution >= 4 is 10.0 Å². The van der Waals surface area contributed by atoms with Crippen molar-refractivity contribution in [3.05, 3.63) is 29.8 Å². The van der Waals surface area contributed by atoms with Crippen LogP contribution in [0.1, 0.15) is 57.4 Å². The molecule has 1 heterocycles. The molecule has 4 nitrogen and oxygen atoms in total. The summed E-state index contributed by atoms with van der Waals surface area (Å²) in [5.41, 5.74) is 1.08. The fourth-order valence-electron chi connectivity index (χ4n) is 3.31. The molecule has 1 fully saturated rings. The van der Waals surface area contributed by atoms with E-state index >= 15 is 0 Å². The second-order valence-electron chi connectivity index (χ2n) is 6.84. The van der Waals surface area contributed by atoms with Crippen LogP contribution in [0.3, 0.4) is 0 Å². The second-order valence-corrected chi connectivity index (χ2v) is 8.73. The van der Waals surface area contributed by atoms with Crippen molar-refractivity contribution in [3.63, 3.8) is 0 Å². The molecule has 0 bridgehead atoms. The number of nitrogens with one attached hydrogen (secondary N) is 1. The predicted molar refractivity (Wildman–Crippen MR) is 99.7 cm³/mol. The highest BCUT2D eigenvalue weighted by Gasteiger charge is 2.32. The lowest BCUT2D eigenvalue weighted by atomic mass is 10.0. The van der Waals surface area contributed by atoms with Gasteiger partial charge in [0.05, 0.1) is 4.90 Å². The Morgan fingerprint density at radius 2 is 1.75 bits per heavy atom. The lowest BCUT2D eigenvalue weighted by Crippen LogP contribution is -2.53. The summed E-state index contributed by atoms with van der Waals surface area (Å²) < 4.78 is 27.7. The van der Waals surface area contributed by atoms with Crippen LogP contribution < -0.4 is 5.32 Å². The Labute approximate surface area is 147 Å². The van der Waals surface area contributed by atoms with Crippen LogP contribution in [0.15, 0.2) is 29.2 Å². The molecule has 1 aliphatic heterocycles. The van der Waals surface area contributed by atoms with Gasteiger partial charge in [-0.25, -0.2) is 8.42 Å². The Kier molecular flexibility index (Phi) is 7.72. The number of sulfonamides is 1. The molecule has 1 aromatic rings. The molecule has 136 valence electrons. The van der Waals surface area contributed by atoms with E-state index in [2.05, 4.69) is 12.2 Å². The number of hydrogen-bond donors (Lipinski definition) is 1. The Bertz CT molecular complexity index is 584. The van der Waals surface area contributed by atoms with Crippen molar-refractivity contribution in [2.24, 2.45) is 0 Å². The van der Waals surface area contributed by atoms with Crippen molar-refractivity contribution in [2.45, 2.75) is 69.7 Å². The van der Waals surface area contributed by atoms with Crippen molar-refractivity contribution < 1.29 is 8.42 Å². The summed E-state index contributed by atoms with van der Waals surface area (Å²) in [6.45, 7) is 6.26. The summed E-state index contributed by atoms with van der Waals surface area (Å²) in [5.74, 6) is 0. The lowest BCUT2D eigenvalue weighted by Gasteiger charge is -2.35. The number of benzene rings is 1. The van der Waals surface area contributed by atoms with Gasteiger partial charge in [-0.2, -0.15) is 4.31 Å². The average molecular weight is 353 g/mol. The molecule has 1 saturated heterocycles. The topological polar surface area (TPSA) is 49.4 Å². The van der Waals surface area contributed by atoms with Crippen molar-refractivity contribution in [1.29, 1.82) is 0 Å². The number of rotatable bonds is 9. The van der Waals surface area contributed by atoms with Gasteiger partial charge >= 0.3 is 0 Å². The van der Waals surface area contributed by atoms with Gasteiger partial charge in [-0.1, -0.05) is 63.1 Å². The highest BCUT2D eigenvalue weighted by Crippen LogP contribution is 2.23. The van der Waals surface area contributed by atoms with E-state index in [4.69, 9.17) is 0 Å². The molecule has 0 aliphatic carbocycles. The van der Waals surface area contributed by atoms with Crippen LogP contribution in [0.2, 0.25) is 0 Å². The first-order chi connectivity index (χ1) is 11.6. The SMILES string of the molecule is CCCCCCCCC1CNCCN1S(=O)(=O)c1ccc(C)cc1. The minimum Gasteiger partial charge on any atom is -0.314 e. The van der Waals surface area contributed by atoms with Gasteiger partial charge in [-0.15, -0.1) is 0 Å². The van der Waals surface area contributed by atoms with E-state index in [1.54, 1.807) is 16.4 Å². The largest absolute Gasteiger partial charge is 0.314 e. The minimum absolute atomic E-state index is 0.0798. The molecule has 2 rings (SSSR count). The van der Waals surface area contributed by atoms with Crippen LogP contribution >= 0.6 is 0 Å². The zero-order valence-corrected chi connectivity index (χ0v) is 15.9. The summed E-state index contributed by atoms with van der Waals surface area (Å²) >= 11 is 0. The van der Waals surface area contributed by atoms with Gasteiger partial charge in [0.15, 0.2) is 0 Å². The Morgan fingerprint density at radius 1 is 1.08 bits per heavy atom. The maximum atomic E-state index is 13.0. The summed E-state index contributed by atoms with van der Waals surface area (Å²) in [4.78, 5) is 0.419. The van der Waals surface area contributed by atoms with Crippen LogP contribution in [-0.2, 0) is 10.0 Å². The molecule has 1 aromatic carbocycles. The van der Waals surface area contributed by atoms with E-state index in [9.17, 15) is 8.42 Å². The van der Waals surface area contributed by atoms with E-state index in [1.165, 1.54) is 32.1 Å². The van der Waals surface area contributed by atoms with Crippen LogP contribution in [0.25, 0.3) is 0 Å². The molecular weight excluding hydrogens is 320 g/mol. The van der Waals surface area contributed by atoms with Crippen LogP contribution in [-0.4, -0.2) is 38.4 Å². The second kappa shape index (κ2) is 9.54. The lowest BCUT2D eigenvalue weighted by molar-refractivity contribution is 0.250. The molecule has 0 saturated carbocycles. The fraction of sp³-hybridized carbons (Fsp3) is 0.684. The maximum absolute atomic E-state index is 13.0. The quantitative estimate of drug-likeness (QED) is 0.689. The third-order valence-corrected chi connectivity index (χ3v) is 6.78. The highest BCUT2D eigenvalue weighted by atomic mass is 32.2. The van der Waals surface area contributed by atoms with E-state index < -0.39 is 10.0 Å². The van der Waals surface area contributed by atoms with Gasteiger partial charge in [-0.05, 0) is 25.5 Å². The van der Waals surface area contributed by atoms with E-state index in [-0.39, 0.29) is 6.04 Å². The van der Waals surface area contributed by atoms with Crippen LogP contribution in [0.5, 0.6) is 0 Å². The number of aryl methyl sites for hydroxylation is 1. The molecular formula is C19H32N2O2S. The first-order valence-electron chi connectivity index (χ1n) is 9.35. The zero-order chi connectivity index (χ0) is 17.4. The molecule has 0 aromatic heterocycles. The van der Waals surface area contributed by atoms with Crippen molar-refractivity contribution in [1.82, 2.24) is 9.62 Å². The van der Waals surface area contributed by atoms with Gasteiger partial charge in [0.25, 0.3) is 0 Å². The Hall–Kier alpha value is -0.910. The molecule has 1 unspecified atom stereocenters. The van der Waals surface area contributed by atoms with Crippen LogP contribution in [0, 0.1) is 6.92 Å². The standard InChI is InChI=1S/C19H32N2O2S/c1-3-4-5-6-7-8-9-18-16-20-14-15-21(18)24(22,23)19-12-10-17(2)11-13-19/h10-13,18,20H,3-9,14-16H2,1-2H3. The normalized spacial score (nSPS) is 19.5. The summed E-state index contributed by atoms with van der Waals surface area (Å²) in [7, 11) is -3.39. The number of nitrogens with zero attached hydrogens (tertiary/aromatic N) is 1. The van der Waals surface area contributed by atoms with Crippen LogP contribution in [0.4, 0.5) is 0 Å². The third-order valence-electron chi connectivity index (χ3n) is 4.81. The van der Waals surface area contributed by atoms with Gasteiger partial charge in [0.1, 0.15) is 0 Å². The maximum Gasteiger partial charge on any atom is 0.243 e. The van der Waals surface area contributed by atoms with Crippen molar-refractivity contribution in [3.8, 4) is 0 Å². The number of unbranched alkanes of at least 4 members (excludes halogenated alkanes) is 5. The fourth-order valence-corrected chi connectivity index (χ4v) is 4.97. The molecule has 1 N–H and O–H groups in total. The summed E-state index contributed by atoms with van der Waals surface area (Å²) in [6.07, 6.45) is 8.38. The van der Waals surface area contributed by atoms with E-state index in [0.29, 0.717) is 11.4 Å². The first-order valence-corrected chi connectivity index (χ1v) is 10.8. The van der Waals surface area contributed by atoms with E-state index in [1.807, 2.05) is 19.1 Å². The Morgan fingerprint density at radius 3 is 2.46 bits per heavy atom. The Balaban J connectivity index is 1.96. The predicted octanol–water partition coefficient (Wildman–Crippen LogP) is 3.71. The smallest absolute Gasteiger partial charge is 0.243 e. The molecule has 24 heavy (non-hydrogen) atoms. The molecule has 0 amide bonds. The van der Waals surface area contributed by atoms with Crippen molar-refractivity contribution in [2.75, 3.05) is 19.6 Å². The third kappa shape index (κ3) is 5.30. The van der Waals surface area contributed by atoms with Gasteiger partial charge in [-0.3, -0.25) is 0 Å². The first kappa shape index (κ1) is 19.4. The molecule has 1 aliphatic rings. The molecule has 1 atom stereocenters. The minimum atomic E-state index is -3.39. The van der Waals surface area contributed by atoms with Gasteiger partial charge in [0, 0.05) is 25.7 Å². The zero-order valence-electron chi connectivity index (χ0n) is 15.1.